The van der Waals surface area contributed by atoms with Gasteiger partial charge in [0.2, 0.25) is 5.91 Å². The van der Waals surface area contributed by atoms with Crippen LogP contribution in [0.2, 0.25) is 0 Å². The topological polar surface area (TPSA) is 32.3 Å². The van der Waals surface area contributed by atoms with Crippen LogP contribution in [-0.4, -0.2) is 36.0 Å². The van der Waals surface area contributed by atoms with E-state index in [2.05, 4.69) is 24.1 Å². The van der Waals surface area contributed by atoms with Crippen LogP contribution in [-0.2, 0) is 4.79 Å². The molecule has 0 aromatic carbocycles. The number of carbonyl (C=O) groups excluding carboxylic acids is 1. The van der Waals surface area contributed by atoms with Crippen molar-refractivity contribution in [2.75, 3.05) is 13.1 Å². The van der Waals surface area contributed by atoms with Gasteiger partial charge in [-0.05, 0) is 63.8 Å². The van der Waals surface area contributed by atoms with Crippen molar-refractivity contribution in [1.82, 2.24) is 10.2 Å². The summed E-state index contributed by atoms with van der Waals surface area (Å²) in [5, 5.41) is 3.31. The van der Waals surface area contributed by atoms with E-state index in [1.807, 2.05) is 0 Å². The van der Waals surface area contributed by atoms with Crippen molar-refractivity contribution >= 4 is 5.91 Å². The van der Waals surface area contributed by atoms with E-state index in [1.165, 1.54) is 51.5 Å². The first-order valence-electron chi connectivity index (χ1n) is 9.19. The third kappa shape index (κ3) is 3.44. The predicted octanol–water partition coefficient (Wildman–Crippen LogP) is 3.19. The maximum atomic E-state index is 12.6. The number of carbonyl (C=O) groups is 1. The van der Waals surface area contributed by atoms with Gasteiger partial charge in [0.05, 0.1) is 5.92 Å². The first-order chi connectivity index (χ1) is 10.1. The normalized spacial score (nSPS) is 36.2. The Balaban J connectivity index is 1.51. The molecule has 0 aromatic heterocycles. The summed E-state index contributed by atoms with van der Waals surface area (Å²) in [7, 11) is 0. The molecule has 1 N–H and O–H groups in total. The Morgan fingerprint density at radius 3 is 2.48 bits per heavy atom. The number of hydrogen-bond acceptors (Lipinski definition) is 2. The molecule has 3 heteroatoms. The van der Waals surface area contributed by atoms with Crippen LogP contribution < -0.4 is 5.32 Å². The molecule has 3 rings (SSSR count). The highest BCUT2D eigenvalue weighted by Gasteiger charge is 2.35. The maximum Gasteiger partial charge on any atom is 0.224 e. The predicted molar refractivity (Wildman–Crippen MR) is 86.0 cm³/mol. The molecular weight excluding hydrogens is 260 g/mol. The Labute approximate surface area is 129 Å². The minimum absolute atomic E-state index is 0.231. The zero-order chi connectivity index (χ0) is 14.8. The first-order valence-corrected chi connectivity index (χ1v) is 9.19. The first kappa shape index (κ1) is 15.3. The molecule has 0 spiro atoms. The zero-order valence-electron chi connectivity index (χ0n) is 13.8. The summed E-state index contributed by atoms with van der Waals surface area (Å²) in [6.07, 6.45) is 10.3. The van der Waals surface area contributed by atoms with E-state index < -0.39 is 0 Å². The molecule has 2 saturated carbocycles. The lowest BCUT2D eigenvalue weighted by Gasteiger charge is -2.39. The van der Waals surface area contributed by atoms with E-state index in [1.54, 1.807) is 0 Å². The average Bonchev–Trinajstić information content (AvgIpc) is 2.83. The molecule has 1 heterocycles. The number of hydrogen-bond donors (Lipinski definition) is 1. The molecule has 120 valence electrons. The summed E-state index contributed by atoms with van der Waals surface area (Å²) in [6, 6.07) is 1.12. The Morgan fingerprint density at radius 2 is 1.86 bits per heavy atom. The quantitative estimate of drug-likeness (QED) is 0.863. The lowest BCUT2D eigenvalue weighted by atomic mass is 9.80. The second-order valence-corrected chi connectivity index (χ2v) is 7.80. The van der Waals surface area contributed by atoms with Crippen LogP contribution in [0.4, 0.5) is 0 Å². The van der Waals surface area contributed by atoms with E-state index in [4.69, 9.17) is 0 Å². The third-order valence-corrected chi connectivity index (χ3v) is 6.34. The number of piperidine rings is 1. The monoisotopic (exact) mass is 292 g/mol. The number of nitrogens with one attached hydrogen (secondary N) is 1. The molecule has 0 bridgehead atoms. The molecule has 1 saturated heterocycles. The number of rotatable bonds is 4. The van der Waals surface area contributed by atoms with Crippen molar-refractivity contribution in [2.24, 2.45) is 17.8 Å². The minimum atomic E-state index is 0.231. The van der Waals surface area contributed by atoms with Gasteiger partial charge in [-0.3, -0.25) is 9.69 Å². The SMILES string of the molecule is CC1CCCC1N1CCCC(C(=O)N[C@H](C)C2CCC2)C1. The molecule has 3 aliphatic rings. The van der Waals surface area contributed by atoms with Crippen LogP contribution in [0.25, 0.3) is 0 Å². The van der Waals surface area contributed by atoms with Crippen LogP contribution in [0.3, 0.4) is 0 Å². The van der Waals surface area contributed by atoms with Gasteiger partial charge < -0.3 is 5.32 Å². The van der Waals surface area contributed by atoms with E-state index in [9.17, 15) is 4.79 Å². The molecule has 0 aromatic rings. The Kier molecular flexibility index (Phi) is 4.88. The number of amides is 1. The van der Waals surface area contributed by atoms with Gasteiger partial charge in [0.25, 0.3) is 0 Å². The molecule has 0 radical (unpaired) electrons. The van der Waals surface area contributed by atoms with Crippen LogP contribution in [0.5, 0.6) is 0 Å². The molecule has 3 fully saturated rings. The Morgan fingerprint density at radius 1 is 1.10 bits per heavy atom. The fourth-order valence-corrected chi connectivity index (χ4v) is 4.59. The van der Waals surface area contributed by atoms with Crippen LogP contribution >= 0.6 is 0 Å². The van der Waals surface area contributed by atoms with Crippen molar-refractivity contribution < 1.29 is 4.79 Å². The van der Waals surface area contributed by atoms with Gasteiger partial charge in [-0.2, -0.15) is 0 Å². The van der Waals surface area contributed by atoms with Crippen molar-refractivity contribution in [3.8, 4) is 0 Å². The van der Waals surface area contributed by atoms with Gasteiger partial charge in [0, 0.05) is 18.6 Å². The zero-order valence-corrected chi connectivity index (χ0v) is 13.8. The summed E-state index contributed by atoms with van der Waals surface area (Å²) in [5.41, 5.74) is 0. The highest BCUT2D eigenvalue weighted by atomic mass is 16.2. The standard InChI is InChI=1S/C18H32N2O/c1-13-6-3-10-17(13)20-11-5-9-16(12-20)18(21)19-14(2)15-7-4-8-15/h13-17H,3-12H2,1-2H3,(H,19,21)/t13?,14-,16?,17?/m1/s1. The maximum absolute atomic E-state index is 12.6. The highest BCUT2D eigenvalue weighted by molar-refractivity contribution is 5.79. The van der Waals surface area contributed by atoms with Crippen LogP contribution in [0, 0.1) is 17.8 Å². The molecular formula is C18H32N2O. The summed E-state index contributed by atoms with van der Waals surface area (Å²) in [4.78, 5) is 15.2. The third-order valence-electron chi connectivity index (χ3n) is 6.34. The fourth-order valence-electron chi connectivity index (χ4n) is 4.59. The van der Waals surface area contributed by atoms with Crippen molar-refractivity contribution in [1.29, 1.82) is 0 Å². The van der Waals surface area contributed by atoms with Gasteiger partial charge in [0.15, 0.2) is 0 Å². The number of nitrogens with zero attached hydrogens (tertiary/aromatic N) is 1. The summed E-state index contributed by atoms with van der Waals surface area (Å²) >= 11 is 0. The largest absolute Gasteiger partial charge is 0.353 e. The second-order valence-electron chi connectivity index (χ2n) is 7.80. The fraction of sp³-hybridized carbons (Fsp3) is 0.944. The minimum Gasteiger partial charge on any atom is -0.353 e. The average molecular weight is 292 g/mol. The van der Waals surface area contributed by atoms with Crippen molar-refractivity contribution in [2.45, 2.75) is 77.3 Å². The van der Waals surface area contributed by atoms with Crippen LogP contribution in [0.15, 0.2) is 0 Å². The van der Waals surface area contributed by atoms with Gasteiger partial charge in [-0.25, -0.2) is 0 Å². The van der Waals surface area contributed by atoms with Gasteiger partial charge in [-0.15, -0.1) is 0 Å². The van der Waals surface area contributed by atoms with Gasteiger partial charge >= 0.3 is 0 Å². The molecule has 1 amide bonds. The van der Waals surface area contributed by atoms with Gasteiger partial charge in [0.1, 0.15) is 0 Å². The summed E-state index contributed by atoms with van der Waals surface area (Å²) in [5.74, 6) is 2.11. The lowest BCUT2D eigenvalue weighted by Crippen LogP contribution is -2.50. The molecule has 3 unspecified atom stereocenters. The molecule has 4 atom stereocenters. The van der Waals surface area contributed by atoms with Crippen molar-refractivity contribution in [3.05, 3.63) is 0 Å². The molecule has 2 aliphatic carbocycles. The summed E-state index contributed by atoms with van der Waals surface area (Å²) < 4.78 is 0. The molecule has 3 nitrogen and oxygen atoms in total. The van der Waals surface area contributed by atoms with Crippen LogP contribution in [0.1, 0.15) is 65.2 Å². The van der Waals surface area contributed by atoms with E-state index in [0.717, 1.165) is 30.8 Å². The summed E-state index contributed by atoms with van der Waals surface area (Å²) in [6.45, 7) is 6.79. The number of likely N-dealkylation sites (tertiary alicyclic amines) is 1. The smallest absolute Gasteiger partial charge is 0.224 e. The Bertz CT molecular complexity index is 366. The van der Waals surface area contributed by atoms with Gasteiger partial charge in [-0.1, -0.05) is 19.8 Å². The Hall–Kier alpha value is -0.570. The second kappa shape index (κ2) is 6.68. The lowest BCUT2D eigenvalue weighted by molar-refractivity contribution is -0.128. The molecule has 21 heavy (non-hydrogen) atoms. The highest BCUT2D eigenvalue weighted by Crippen LogP contribution is 2.33. The molecule has 1 aliphatic heterocycles. The van der Waals surface area contributed by atoms with E-state index >= 15 is 0 Å². The van der Waals surface area contributed by atoms with E-state index in [0.29, 0.717) is 11.9 Å². The van der Waals surface area contributed by atoms with E-state index in [-0.39, 0.29) is 5.92 Å². The van der Waals surface area contributed by atoms with Crippen molar-refractivity contribution in [3.63, 3.8) is 0 Å².